The Morgan fingerprint density at radius 3 is 2.42 bits per heavy atom. The summed E-state index contributed by atoms with van der Waals surface area (Å²) < 4.78 is 12.5. The Hall–Kier alpha value is -4.33. The zero-order chi connectivity index (χ0) is 25.7. The van der Waals surface area contributed by atoms with E-state index in [9.17, 15) is 9.59 Å². The minimum absolute atomic E-state index is 0.129. The van der Waals surface area contributed by atoms with Crippen molar-refractivity contribution in [3.63, 3.8) is 0 Å². The number of furan rings is 1. The summed E-state index contributed by atoms with van der Waals surface area (Å²) in [5.74, 6) is 0.975. The molecule has 0 aliphatic rings. The maximum Gasteiger partial charge on any atom is 0.246 e. The first-order chi connectivity index (χ1) is 17.3. The van der Waals surface area contributed by atoms with E-state index in [1.54, 1.807) is 39.4 Å². The first-order valence-corrected chi connectivity index (χ1v) is 11.8. The molecule has 0 saturated carbocycles. The standard InChI is InChI=1S/C28H30N4O4/c1-19(2)27(34)31(16-24-6-5-15-36-24)18-26(33)30-28-29-25(21-9-13-23(35-4)14-10-21)17-32(28)22-11-7-20(3)8-12-22/h5-15,17,19H,16,18H2,1-4H3,(H,29,30,33). The third-order valence-electron chi connectivity index (χ3n) is 5.72. The van der Waals surface area contributed by atoms with Crippen molar-refractivity contribution in [2.45, 2.75) is 27.3 Å². The van der Waals surface area contributed by atoms with Crippen LogP contribution < -0.4 is 10.1 Å². The lowest BCUT2D eigenvalue weighted by atomic mass is 10.1. The second-order valence-electron chi connectivity index (χ2n) is 8.86. The SMILES string of the molecule is COc1ccc(-c2cn(-c3ccc(C)cc3)c(NC(=O)CN(Cc3ccco3)C(=O)C(C)C)n2)cc1. The van der Waals surface area contributed by atoms with Gasteiger partial charge in [-0.3, -0.25) is 19.5 Å². The van der Waals surface area contributed by atoms with Gasteiger partial charge in [-0.15, -0.1) is 0 Å². The first kappa shape index (κ1) is 24.8. The van der Waals surface area contributed by atoms with Crippen LogP contribution in [-0.4, -0.2) is 39.9 Å². The van der Waals surface area contributed by atoms with Gasteiger partial charge in [0.25, 0.3) is 0 Å². The Balaban J connectivity index is 1.61. The number of nitrogens with one attached hydrogen (secondary N) is 1. The Labute approximate surface area is 210 Å². The second-order valence-corrected chi connectivity index (χ2v) is 8.86. The van der Waals surface area contributed by atoms with E-state index in [1.165, 1.54) is 4.90 Å². The molecule has 2 aromatic carbocycles. The number of ether oxygens (including phenoxy) is 1. The van der Waals surface area contributed by atoms with Crippen LogP contribution in [0.1, 0.15) is 25.2 Å². The third-order valence-corrected chi connectivity index (χ3v) is 5.72. The summed E-state index contributed by atoms with van der Waals surface area (Å²) in [6.07, 6.45) is 3.43. The highest BCUT2D eigenvalue weighted by atomic mass is 16.5. The van der Waals surface area contributed by atoms with Crippen molar-refractivity contribution in [3.05, 3.63) is 84.4 Å². The van der Waals surface area contributed by atoms with Gasteiger partial charge in [-0.05, 0) is 55.5 Å². The van der Waals surface area contributed by atoms with Gasteiger partial charge < -0.3 is 14.1 Å². The number of anilines is 1. The van der Waals surface area contributed by atoms with Crippen LogP contribution in [0.5, 0.6) is 5.75 Å². The van der Waals surface area contributed by atoms with E-state index < -0.39 is 0 Å². The van der Waals surface area contributed by atoms with Crippen molar-refractivity contribution in [3.8, 4) is 22.7 Å². The van der Waals surface area contributed by atoms with E-state index in [0.717, 1.165) is 22.6 Å². The molecule has 0 unspecified atom stereocenters. The van der Waals surface area contributed by atoms with E-state index in [1.807, 2.05) is 66.2 Å². The number of amides is 2. The number of carbonyl (C=O) groups is 2. The van der Waals surface area contributed by atoms with Gasteiger partial charge in [0.05, 0.1) is 25.6 Å². The first-order valence-electron chi connectivity index (χ1n) is 11.8. The highest BCUT2D eigenvalue weighted by Gasteiger charge is 2.22. The molecule has 0 aliphatic carbocycles. The molecule has 0 radical (unpaired) electrons. The van der Waals surface area contributed by atoms with E-state index in [-0.39, 0.29) is 30.8 Å². The van der Waals surface area contributed by atoms with Crippen LogP contribution in [0.4, 0.5) is 5.95 Å². The van der Waals surface area contributed by atoms with E-state index in [4.69, 9.17) is 14.1 Å². The molecule has 1 N–H and O–H groups in total. The summed E-state index contributed by atoms with van der Waals surface area (Å²) >= 11 is 0. The number of rotatable bonds is 9. The summed E-state index contributed by atoms with van der Waals surface area (Å²) in [6.45, 7) is 5.71. The fourth-order valence-corrected chi connectivity index (χ4v) is 3.78. The Morgan fingerprint density at radius 1 is 1.08 bits per heavy atom. The fraction of sp³-hybridized carbons (Fsp3) is 0.250. The highest BCUT2D eigenvalue weighted by molar-refractivity contribution is 5.94. The van der Waals surface area contributed by atoms with Gasteiger partial charge in [0.15, 0.2) is 0 Å². The zero-order valence-corrected chi connectivity index (χ0v) is 20.9. The molecule has 186 valence electrons. The normalized spacial score (nSPS) is 10.9. The molecule has 0 spiro atoms. The lowest BCUT2D eigenvalue weighted by molar-refractivity contribution is -0.138. The van der Waals surface area contributed by atoms with E-state index in [0.29, 0.717) is 17.4 Å². The van der Waals surface area contributed by atoms with Crippen molar-refractivity contribution in [1.82, 2.24) is 14.5 Å². The molecule has 0 aliphatic heterocycles. The topological polar surface area (TPSA) is 89.6 Å². The van der Waals surface area contributed by atoms with Crippen LogP contribution in [0.15, 0.2) is 77.5 Å². The molecular weight excluding hydrogens is 456 g/mol. The minimum Gasteiger partial charge on any atom is -0.497 e. The number of imidazole rings is 1. The van der Waals surface area contributed by atoms with Gasteiger partial charge in [-0.2, -0.15) is 0 Å². The van der Waals surface area contributed by atoms with E-state index >= 15 is 0 Å². The largest absolute Gasteiger partial charge is 0.497 e. The molecule has 2 heterocycles. The molecular formula is C28H30N4O4. The molecule has 2 amide bonds. The van der Waals surface area contributed by atoms with E-state index in [2.05, 4.69) is 5.32 Å². The number of hydrogen-bond donors (Lipinski definition) is 1. The lowest BCUT2D eigenvalue weighted by Gasteiger charge is -2.23. The molecule has 0 atom stereocenters. The van der Waals surface area contributed by atoms with Crippen LogP contribution in [0, 0.1) is 12.8 Å². The molecule has 0 saturated heterocycles. The Bertz CT molecular complexity index is 1310. The number of benzene rings is 2. The number of aryl methyl sites for hydroxylation is 1. The summed E-state index contributed by atoms with van der Waals surface area (Å²) in [7, 11) is 1.62. The van der Waals surface area contributed by atoms with Gasteiger partial charge >= 0.3 is 0 Å². The Kier molecular flexibility index (Phi) is 7.53. The minimum atomic E-state index is -0.351. The zero-order valence-electron chi connectivity index (χ0n) is 20.9. The number of carbonyl (C=O) groups excluding carboxylic acids is 2. The Morgan fingerprint density at radius 2 is 1.81 bits per heavy atom. The third kappa shape index (κ3) is 5.83. The average molecular weight is 487 g/mol. The van der Waals surface area contributed by atoms with Gasteiger partial charge in [-0.1, -0.05) is 31.5 Å². The van der Waals surface area contributed by atoms with Crippen LogP contribution in [-0.2, 0) is 16.1 Å². The molecule has 2 aromatic heterocycles. The second kappa shape index (κ2) is 10.9. The summed E-state index contributed by atoms with van der Waals surface area (Å²) in [5, 5.41) is 2.90. The molecule has 4 aromatic rings. The lowest BCUT2D eigenvalue weighted by Crippen LogP contribution is -2.39. The van der Waals surface area contributed by atoms with Gasteiger partial charge in [0.2, 0.25) is 17.8 Å². The van der Waals surface area contributed by atoms with Crippen LogP contribution in [0.2, 0.25) is 0 Å². The number of hydrogen-bond acceptors (Lipinski definition) is 5. The summed E-state index contributed by atoms with van der Waals surface area (Å²) in [5.41, 5.74) is 3.56. The molecule has 36 heavy (non-hydrogen) atoms. The summed E-state index contributed by atoms with van der Waals surface area (Å²) in [6, 6.07) is 19.0. The monoisotopic (exact) mass is 486 g/mol. The maximum absolute atomic E-state index is 13.1. The van der Waals surface area contributed by atoms with Crippen molar-refractivity contribution >= 4 is 17.8 Å². The number of nitrogens with zero attached hydrogens (tertiary/aromatic N) is 3. The van der Waals surface area contributed by atoms with Crippen molar-refractivity contribution in [1.29, 1.82) is 0 Å². The van der Waals surface area contributed by atoms with Crippen LogP contribution >= 0.6 is 0 Å². The van der Waals surface area contributed by atoms with Gasteiger partial charge in [0, 0.05) is 23.4 Å². The van der Waals surface area contributed by atoms with Crippen LogP contribution in [0.3, 0.4) is 0 Å². The fourth-order valence-electron chi connectivity index (χ4n) is 3.78. The number of aromatic nitrogens is 2. The molecule has 8 nitrogen and oxygen atoms in total. The predicted molar refractivity (Wildman–Crippen MR) is 138 cm³/mol. The molecule has 4 rings (SSSR count). The van der Waals surface area contributed by atoms with Crippen molar-refractivity contribution in [2.75, 3.05) is 19.0 Å². The maximum atomic E-state index is 13.1. The van der Waals surface area contributed by atoms with Crippen molar-refractivity contribution < 1.29 is 18.7 Å². The quantitative estimate of drug-likeness (QED) is 0.357. The van der Waals surface area contributed by atoms with Gasteiger partial charge in [-0.25, -0.2) is 4.98 Å². The smallest absolute Gasteiger partial charge is 0.246 e. The summed E-state index contributed by atoms with van der Waals surface area (Å²) in [4.78, 5) is 32.1. The molecule has 0 bridgehead atoms. The highest BCUT2D eigenvalue weighted by Crippen LogP contribution is 2.26. The average Bonchev–Trinajstić information content (AvgIpc) is 3.54. The van der Waals surface area contributed by atoms with Crippen molar-refractivity contribution in [2.24, 2.45) is 5.92 Å². The van der Waals surface area contributed by atoms with Gasteiger partial charge in [0.1, 0.15) is 18.1 Å². The molecule has 8 heteroatoms. The van der Waals surface area contributed by atoms with Crippen LogP contribution in [0.25, 0.3) is 16.9 Å². The predicted octanol–water partition coefficient (Wildman–Crippen LogP) is 5.07. The molecule has 0 fully saturated rings. The number of methoxy groups -OCH3 is 1.